The third-order valence-electron chi connectivity index (χ3n) is 1.40. The second-order valence-corrected chi connectivity index (χ2v) is 2.38. The van der Waals surface area contributed by atoms with Gasteiger partial charge >= 0.3 is 6.03 Å². The third-order valence-corrected chi connectivity index (χ3v) is 1.40. The molecule has 0 unspecified atom stereocenters. The Morgan fingerprint density at radius 3 is 2.31 bits per heavy atom. The lowest BCUT2D eigenvalue weighted by atomic mass is 10.5. The molecule has 0 bridgehead atoms. The minimum Gasteiger partial charge on any atom is -0.395 e. The second-order valence-electron chi connectivity index (χ2n) is 2.38. The van der Waals surface area contributed by atoms with Gasteiger partial charge in [-0.25, -0.2) is 4.79 Å². The van der Waals surface area contributed by atoms with Crippen molar-refractivity contribution in [3.05, 3.63) is 12.3 Å². The number of carbonyl (C=O) groups is 1. The van der Waals surface area contributed by atoms with E-state index in [1.165, 1.54) is 11.1 Å². The van der Waals surface area contributed by atoms with Crippen molar-refractivity contribution < 1.29 is 15.0 Å². The monoisotopic (exact) mass is 188 g/mol. The zero-order chi connectivity index (χ0) is 10.1. The van der Waals surface area contributed by atoms with E-state index in [2.05, 4.69) is 5.32 Å². The molecule has 0 aromatic carbocycles. The van der Waals surface area contributed by atoms with Crippen LogP contribution in [0, 0.1) is 0 Å². The number of aliphatic hydroxyl groups is 2. The van der Waals surface area contributed by atoms with Crippen molar-refractivity contribution >= 4 is 6.03 Å². The van der Waals surface area contributed by atoms with E-state index in [1.807, 2.05) is 0 Å². The fourth-order valence-corrected chi connectivity index (χ4v) is 0.802. The molecule has 0 spiro atoms. The topological polar surface area (TPSA) is 72.8 Å². The molecule has 5 nitrogen and oxygen atoms in total. The van der Waals surface area contributed by atoms with Gasteiger partial charge in [-0.1, -0.05) is 6.08 Å². The normalized spacial score (nSPS) is 10.4. The first kappa shape index (κ1) is 11.9. The summed E-state index contributed by atoms with van der Waals surface area (Å²) in [7, 11) is 0. The first-order valence-electron chi connectivity index (χ1n) is 4.14. The van der Waals surface area contributed by atoms with E-state index in [1.54, 1.807) is 13.0 Å². The average molecular weight is 188 g/mol. The molecule has 0 aliphatic rings. The highest BCUT2D eigenvalue weighted by Crippen LogP contribution is 1.88. The van der Waals surface area contributed by atoms with Crippen molar-refractivity contribution in [2.75, 3.05) is 26.3 Å². The number of hydrogen-bond donors (Lipinski definition) is 3. The Kier molecular flexibility index (Phi) is 6.95. The molecule has 5 heteroatoms. The van der Waals surface area contributed by atoms with Crippen LogP contribution in [0.4, 0.5) is 4.79 Å². The molecule has 0 heterocycles. The molecule has 0 aliphatic carbocycles. The van der Waals surface area contributed by atoms with E-state index in [4.69, 9.17) is 10.2 Å². The fraction of sp³-hybridized carbons (Fsp3) is 0.625. The number of nitrogens with one attached hydrogen (secondary N) is 1. The van der Waals surface area contributed by atoms with Crippen LogP contribution in [0.5, 0.6) is 0 Å². The SMILES string of the molecule is C/C=C/NC(=O)N(CCO)CCO. The first-order chi connectivity index (χ1) is 6.26. The molecule has 76 valence electrons. The van der Waals surface area contributed by atoms with Gasteiger partial charge in [0.05, 0.1) is 13.2 Å². The van der Waals surface area contributed by atoms with Gasteiger partial charge in [-0.2, -0.15) is 0 Å². The summed E-state index contributed by atoms with van der Waals surface area (Å²) in [5, 5.41) is 19.7. The number of aliphatic hydroxyl groups excluding tert-OH is 2. The number of allylic oxidation sites excluding steroid dienone is 1. The van der Waals surface area contributed by atoms with Crippen molar-refractivity contribution in [1.82, 2.24) is 10.2 Å². The quantitative estimate of drug-likeness (QED) is 0.545. The first-order valence-corrected chi connectivity index (χ1v) is 4.14. The van der Waals surface area contributed by atoms with Gasteiger partial charge in [0.1, 0.15) is 0 Å². The maximum absolute atomic E-state index is 11.2. The van der Waals surface area contributed by atoms with Gasteiger partial charge in [-0.15, -0.1) is 0 Å². The predicted molar refractivity (Wildman–Crippen MR) is 49.1 cm³/mol. The van der Waals surface area contributed by atoms with Crippen LogP contribution >= 0.6 is 0 Å². The van der Waals surface area contributed by atoms with E-state index in [-0.39, 0.29) is 32.3 Å². The zero-order valence-corrected chi connectivity index (χ0v) is 7.73. The number of urea groups is 1. The highest BCUT2D eigenvalue weighted by Gasteiger charge is 2.09. The minimum absolute atomic E-state index is 0.108. The molecule has 13 heavy (non-hydrogen) atoms. The summed E-state index contributed by atoms with van der Waals surface area (Å²) in [6.07, 6.45) is 3.19. The molecule has 0 aromatic heterocycles. The van der Waals surface area contributed by atoms with Crippen molar-refractivity contribution in [2.45, 2.75) is 6.92 Å². The molecule has 0 saturated carbocycles. The van der Waals surface area contributed by atoms with E-state index < -0.39 is 0 Å². The standard InChI is InChI=1S/C8H16N2O3/c1-2-3-9-8(13)10(4-6-11)5-7-12/h2-3,11-12H,4-7H2,1H3,(H,9,13)/b3-2+. The van der Waals surface area contributed by atoms with Crippen LogP contribution in [0.1, 0.15) is 6.92 Å². The molecule has 0 radical (unpaired) electrons. The van der Waals surface area contributed by atoms with Crippen LogP contribution in [0.2, 0.25) is 0 Å². The molecular weight excluding hydrogens is 172 g/mol. The molecule has 0 fully saturated rings. The van der Waals surface area contributed by atoms with Crippen LogP contribution in [0.15, 0.2) is 12.3 Å². The van der Waals surface area contributed by atoms with E-state index in [0.717, 1.165) is 0 Å². The van der Waals surface area contributed by atoms with Crippen molar-refractivity contribution in [3.8, 4) is 0 Å². The van der Waals surface area contributed by atoms with E-state index >= 15 is 0 Å². The highest BCUT2D eigenvalue weighted by molar-refractivity contribution is 5.75. The van der Waals surface area contributed by atoms with Crippen LogP contribution in [-0.2, 0) is 0 Å². The molecule has 0 rings (SSSR count). The van der Waals surface area contributed by atoms with Crippen LogP contribution in [0.25, 0.3) is 0 Å². The Balaban J connectivity index is 3.94. The van der Waals surface area contributed by atoms with Crippen LogP contribution < -0.4 is 5.32 Å². The van der Waals surface area contributed by atoms with Gasteiger partial charge in [0.2, 0.25) is 0 Å². The Hall–Kier alpha value is -1.07. The molecule has 0 aliphatic heterocycles. The number of carbonyl (C=O) groups excluding carboxylic acids is 1. The summed E-state index contributed by atoms with van der Waals surface area (Å²) in [6.45, 7) is 2.02. The van der Waals surface area contributed by atoms with Gasteiger partial charge in [0.15, 0.2) is 0 Å². The van der Waals surface area contributed by atoms with Crippen molar-refractivity contribution in [3.63, 3.8) is 0 Å². The number of amides is 2. The summed E-state index contributed by atoms with van der Waals surface area (Å²) < 4.78 is 0. The lowest BCUT2D eigenvalue weighted by Crippen LogP contribution is -2.41. The van der Waals surface area contributed by atoms with Gasteiger partial charge in [0, 0.05) is 19.3 Å². The van der Waals surface area contributed by atoms with E-state index in [9.17, 15) is 4.79 Å². The summed E-state index contributed by atoms with van der Waals surface area (Å²) >= 11 is 0. The Bertz CT molecular complexity index is 165. The number of hydrogen-bond acceptors (Lipinski definition) is 3. The number of rotatable bonds is 5. The van der Waals surface area contributed by atoms with Gasteiger partial charge in [0.25, 0.3) is 0 Å². The lowest BCUT2D eigenvalue weighted by Gasteiger charge is -2.19. The third kappa shape index (κ3) is 5.21. The molecule has 0 saturated heterocycles. The Labute approximate surface area is 77.7 Å². The van der Waals surface area contributed by atoms with Crippen LogP contribution in [0.3, 0.4) is 0 Å². The minimum atomic E-state index is -0.318. The highest BCUT2D eigenvalue weighted by atomic mass is 16.3. The number of nitrogens with zero attached hydrogens (tertiary/aromatic N) is 1. The van der Waals surface area contributed by atoms with Gasteiger partial charge < -0.3 is 20.4 Å². The summed E-state index contributed by atoms with van der Waals surface area (Å²) in [6, 6.07) is -0.318. The summed E-state index contributed by atoms with van der Waals surface area (Å²) in [4.78, 5) is 12.6. The van der Waals surface area contributed by atoms with Gasteiger partial charge in [-0.05, 0) is 6.92 Å². The zero-order valence-electron chi connectivity index (χ0n) is 7.73. The molecule has 0 aromatic rings. The average Bonchev–Trinajstić information content (AvgIpc) is 2.14. The largest absolute Gasteiger partial charge is 0.395 e. The van der Waals surface area contributed by atoms with E-state index in [0.29, 0.717) is 0 Å². The molecule has 2 amide bonds. The Morgan fingerprint density at radius 1 is 1.38 bits per heavy atom. The van der Waals surface area contributed by atoms with Crippen molar-refractivity contribution in [1.29, 1.82) is 0 Å². The fourth-order valence-electron chi connectivity index (χ4n) is 0.802. The molecular formula is C8H16N2O3. The Morgan fingerprint density at radius 2 is 1.92 bits per heavy atom. The maximum Gasteiger partial charge on any atom is 0.321 e. The summed E-state index contributed by atoms with van der Waals surface area (Å²) in [5.74, 6) is 0. The summed E-state index contributed by atoms with van der Waals surface area (Å²) in [5.41, 5.74) is 0. The maximum atomic E-state index is 11.2. The smallest absolute Gasteiger partial charge is 0.321 e. The predicted octanol–water partition coefficient (Wildman–Crippen LogP) is -0.484. The van der Waals surface area contributed by atoms with Crippen LogP contribution in [-0.4, -0.2) is 47.4 Å². The molecule has 0 atom stereocenters. The van der Waals surface area contributed by atoms with Crippen molar-refractivity contribution in [2.24, 2.45) is 0 Å². The lowest BCUT2D eigenvalue weighted by molar-refractivity contribution is 0.161. The molecule has 3 N–H and O–H groups in total. The van der Waals surface area contributed by atoms with Gasteiger partial charge in [-0.3, -0.25) is 0 Å². The second kappa shape index (κ2) is 7.57.